The van der Waals surface area contributed by atoms with E-state index in [1.165, 1.54) is 24.3 Å². The minimum Gasteiger partial charge on any atom is -0.505 e. The normalized spacial score (nSPS) is 12.9. The molecule has 0 saturated carbocycles. The van der Waals surface area contributed by atoms with Crippen molar-refractivity contribution < 1.29 is 74.0 Å². The molecule has 29 heteroatoms. The number of rotatable bonds is 14. The molecule has 56 heavy (non-hydrogen) atoms. The van der Waals surface area contributed by atoms with Gasteiger partial charge >= 0.3 is 16.5 Å². The molecule has 0 fully saturated rings. The van der Waals surface area contributed by atoms with Crippen molar-refractivity contribution >= 4 is 96.0 Å². The van der Waals surface area contributed by atoms with Crippen molar-refractivity contribution in [2.45, 2.75) is 19.6 Å². The zero-order chi connectivity index (χ0) is 41.4. The van der Waals surface area contributed by atoms with Crippen LogP contribution in [-0.4, -0.2) is 92.7 Å². The highest BCUT2D eigenvalue weighted by molar-refractivity contribution is 7.91. The molecule has 298 valence electrons. The predicted molar refractivity (Wildman–Crippen MR) is 188 cm³/mol. The molecule has 0 radical (unpaired) electrons. The molecule has 0 aliphatic rings. The summed E-state index contributed by atoms with van der Waals surface area (Å²) in [6.07, 6.45) is -1.47. The molecule has 5 rings (SSSR count). The van der Waals surface area contributed by atoms with Crippen LogP contribution in [0.1, 0.15) is 0 Å². The van der Waals surface area contributed by atoms with E-state index in [0.29, 0.717) is 18.2 Å². The number of fused-ring (bicyclic) bond motifs is 1. The summed E-state index contributed by atoms with van der Waals surface area (Å²) in [5.74, 6) is -3.28. The molecular formula is C27H22FN7O16S5. The topological polar surface area (TPSA) is 369 Å². The number of nitrogens with zero attached hydrogens (tertiary/aromatic N) is 5. The van der Waals surface area contributed by atoms with Crippen LogP contribution >= 0.6 is 0 Å². The lowest BCUT2D eigenvalue weighted by molar-refractivity contribution is 0.284. The first kappa shape index (κ1) is 41.8. The van der Waals surface area contributed by atoms with Gasteiger partial charge in [-0.3, -0.25) is 18.2 Å². The van der Waals surface area contributed by atoms with E-state index >= 15 is 0 Å². The minimum atomic E-state index is -5.35. The third-order valence-electron chi connectivity index (χ3n) is 7.01. The number of aromatic hydroxyl groups is 1. The Balaban J connectivity index is 1.57. The summed E-state index contributed by atoms with van der Waals surface area (Å²) in [4.78, 5) is 7.58. The summed E-state index contributed by atoms with van der Waals surface area (Å²) in [5.41, 5.74) is -2.13. The summed E-state index contributed by atoms with van der Waals surface area (Å²) in [6, 6.07) is 10.8. The van der Waals surface area contributed by atoms with Gasteiger partial charge in [-0.1, -0.05) is 12.1 Å². The number of hydrogen-bond acceptors (Lipinski definition) is 19. The second kappa shape index (κ2) is 15.3. The van der Waals surface area contributed by atoms with Crippen LogP contribution in [0.15, 0.2) is 96.5 Å². The summed E-state index contributed by atoms with van der Waals surface area (Å²) in [6.45, 7) is -0.889. The monoisotopic (exact) mass is 879 g/mol. The maximum atomic E-state index is 14.7. The molecule has 7 N–H and O–H groups in total. The van der Waals surface area contributed by atoms with Crippen molar-refractivity contribution in [1.82, 2.24) is 15.0 Å². The van der Waals surface area contributed by atoms with E-state index in [2.05, 4.69) is 40.0 Å². The van der Waals surface area contributed by atoms with Crippen LogP contribution in [0.25, 0.3) is 10.8 Å². The molecule has 0 saturated heterocycles. The second-order valence-corrected chi connectivity index (χ2v) is 18.2. The van der Waals surface area contributed by atoms with Crippen molar-refractivity contribution in [2.75, 3.05) is 23.0 Å². The molecule has 1 aromatic heterocycles. The zero-order valence-electron chi connectivity index (χ0n) is 27.1. The van der Waals surface area contributed by atoms with Crippen LogP contribution in [0, 0.1) is 6.08 Å². The Labute approximate surface area is 315 Å². The quantitative estimate of drug-likeness (QED) is 0.0622. The van der Waals surface area contributed by atoms with Crippen LogP contribution in [0.4, 0.5) is 39.0 Å². The van der Waals surface area contributed by atoms with E-state index in [9.17, 15) is 65.2 Å². The van der Waals surface area contributed by atoms with E-state index in [0.717, 1.165) is 24.3 Å². The highest BCUT2D eigenvalue weighted by Crippen LogP contribution is 2.46. The lowest BCUT2D eigenvalue weighted by Gasteiger charge is -2.15. The van der Waals surface area contributed by atoms with Crippen molar-refractivity contribution in [3.63, 3.8) is 0 Å². The number of phenols is 1. The third-order valence-corrected chi connectivity index (χ3v) is 11.8. The number of nitrogens with one attached hydrogen (secondary N) is 2. The molecule has 1 heterocycles. The molecule has 0 aliphatic heterocycles. The summed E-state index contributed by atoms with van der Waals surface area (Å²) < 4.78 is 176. The van der Waals surface area contributed by atoms with Crippen molar-refractivity contribution in [1.29, 1.82) is 0 Å². The highest BCUT2D eigenvalue weighted by atomic mass is 32.3. The van der Waals surface area contributed by atoms with E-state index < -0.39 is 129 Å². The van der Waals surface area contributed by atoms with Gasteiger partial charge in [0.1, 0.15) is 21.2 Å². The van der Waals surface area contributed by atoms with E-state index in [4.69, 9.17) is 4.55 Å². The Hall–Kier alpha value is -5.37. The molecule has 23 nitrogen and oxygen atoms in total. The van der Waals surface area contributed by atoms with Gasteiger partial charge in [-0.25, -0.2) is 12.6 Å². The van der Waals surface area contributed by atoms with Crippen molar-refractivity contribution in [3.05, 3.63) is 72.8 Å². The van der Waals surface area contributed by atoms with Crippen LogP contribution in [-0.2, 0) is 54.8 Å². The van der Waals surface area contributed by atoms with Gasteiger partial charge in [0, 0.05) is 11.1 Å². The molecule has 0 bridgehead atoms. The standard InChI is InChI=1S/C27H22FN7O16S5/c28-25-31-26(29-15-5-7-16(8-6-15)52(37,38)10-9-51-56(48,49)50)33-27(32-25)30-19-13-17(53(39,40)41)11-14-12-21(55(45,46)47)23(24(36)22(14)19)35-34-18-3-1-2-4-20(18)54(42,43)44/h1-8,11-13,36H,9-10H2,(H,39,40,41)(H,42,43,44)(H,45,46,47)(H,48,49,50)(H2,29,30,31,32,33). The Morgan fingerprint density at radius 2 is 1.29 bits per heavy atom. The minimum absolute atomic E-state index is 0.0504. The second-order valence-electron chi connectivity index (χ2n) is 10.8. The van der Waals surface area contributed by atoms with Crippen molar-refractivity contribution in [2.24, 2.45) is 10.2 Å². The zero-order valence-corrected chi connectivity index (χ0v) is 31.2. The molecule has 4 aromatic carbocycles. The molecule has 0 aliphatic carbocycles. The number of anilines is 4. The van der Waals surface area contributed by atoms with Crippen LogP contribution in [0.3, 0.4) is 0 Å². The van der Waals surface area contributed by atoms with E-state index in [1.807, 2.05) is 0 Å². The third kappa shape index (κ3) is 10.1. The lowest BCUT2D eigenvalue weighted by atomic mass is 10.1. The number of aromatic nitrogens is 3. The Bertz CT molecular complexity index is 2990. The summed E-state index contributed by atoms with van der Waals surface area (Å²) >= 11 is 0. The first-order chi connectivity index (χ1) is 25.8. The van der Waals surface area contributed by atoms with Gasteiger partial charge in [0.15, 0.2) is 15.6 Å². The Morgan fingerprint density at radius 3 is 1.88 bits per heavy atom. The SMILES string of the molecule is O=S(=O)(O)OCCS(=O)(=O)c1ccc(Nc2nc(F)nc(Nc3cc(S(=O)(=O)O)cc4cc(S(=O)(=O)O)c(N=Nc5ccccc5S(=O)(=O)O)c(O)c34)n2)cc1. The highest BCUT2D eigenvalue weighted by Gasteiger charge is 2.26. The number of benzene rings is 4. The Morgan fingerprint density at radius 1 is 0.679 bits per heavy atom. The van der Waals surface area contributed by atoms with Gasteiger partial charge in [0.25, 0.3) is 30.4 Å². The van der Waals surface area contributed by atoms with Crippen LogP contribution in [0.2, 0.25) is 0 Å². The molecular weight excluding hydrogens is 858 g/mol. The maximum Gasteiger partial charge on any atom is 0.397 e. The van der Waals surface area contributed by atoms with E-state index in [-0.39, 0.29) is 10.6 Å². The molecule has 0 atom stereocenters. The smallest absolute Gasteiger partial charge is 0.397 e. The van der Waals surface area contributed by atoms with Gasteiger partial charge < -0.3 is 15.7 Å². The first-order valence-corrected chi connectivity index (χ1v) is 21.8. The van der Waals surface area contributed by atoms with Gasteiger partial charge in [0.05, 0.1) is 27.8 Å². The summed E-state index contributed by atoms with van der Waals surface area (Å²) in [5, 5.41) is 22.4. The fourth-order valence-corrected chi connectivity index (χ4v) is 8.00. The largest absolute Gasteiger partial charge is 0.505 e. The number of sulfone groups is 1. The van der Waals surface area contributed by atoms with Gasteiger partial charge in [-0.05, 0) is 60.0 Å². The van der Waals surface area contributed by atoms with Gasteiger partial charge in [0.2, 0.25) is 11.9 Å². The average molecular weight is 880 g/mol. The number of azo groups is 1. The average Bonchev–Trinajstić information content (AvgIpc) is 3.05. The molecule has 0 spiro atoms. The maximum absolute atomic E-state index is 14.7. The molecule has 0 unspecified atom stereocenters. The van der Waals surface area contributed by atoms with E-state index in [1.54, 1.807) is 0 Å². The number of phenolic OH excluding ortho intramolecular Hbond substituents is 1. The summed E-state index contributed by atoms with van der Waals surface area (Å²) in [7, 11) is -24.4. The molecule has 5 aromatic rings. The van der Waals surface area contributed by atoms with Gasteiger partial charge in [-0.15, -0.1) is 10.2 Å². The predicted octanol–water partition coefficient (Wildman–Crippen LogP) is 3.11. The first-order valence-electron chi connectivity index (χ1n) is 14.5. The number of halogens is 1. The molecule has 0 amide bonds. The van der Waals surface area contributed by atoms with Crippen LogP contribution < -0.4 is 10.6 Å². The fraction of sp³-hybridized carbons (Fsp3) is 0.0741. The fourth-order valence-electron chi connectivity index (χ4n) is 4.69. The Kier molecular flexibility index (Phi) is 11.4. The van der Waals surface area contributed by atoms with Gasteiger partial charge in [-0.2, -0.15) is 53.0 Å². The lowest BCUT2D eigenvalue weighted by Crippen LogP contribution is -2.15. The number of hydrogen-bond donors (Lipinski definition) is 7. The van der Waals surface area contributed by atoms with Crippen LogP contribution in [0.5, 0.6) is 5.75 Å². The van der Waals surface area contributed by atoms with Crippen molar-refractivity contribution in [3.8, 4) is 5.75 Å².